The zero-order chi connectivity index (χ0) is 71.8. The van der Waals surface area contributed by atoms with E-state index in [0.29, 0.717) is 25.7 Å². The van der Waals surface area contributed by atoms with Gasteiger partial charge in [-0.2, -0.15) is 0 Å². The Morgan fingerprint density at radius 2 is 0.592 bits per heavy atom. The second kappa shape index (κ2) is 70.1. The van der Waals surface area contributed by atoms with Crippen LogP contribution in [0, 0.1) is 0 Å². The lowest BCUT2D eigenvalue weighted by Gasteiger charge is -2.21. The van der Waals surface area contributed by atoms with E-state index in [-0.39, 0.29) is 25.7 Å². The van der Waals surface area contributed by atoms with E-state index >= 15 is 0 Å². The Balaban J connectivity index is 5.49. The number of unbranched alkanes of at least 4 members (excludes halogenated alkanes) is 16. The molecule has 0 aliphatic heterocycles. The van der Waals surface area contributed by atoms with Crippen molar-refractivity contribution in [3.8, 4) is 0 Å². The summed E-state index contributed by atoms with van der Waals surface area (Å²) < 4.78 is 68.2. The quantitative estimate of drug-likeness (QED) is 0.0169. The molecule has 0 aliphatic carbocycles. The number of carbonyl (C=O) groups is 4. The summed E-state index contributed by atoms with van der Waals surface area (Å²) in [6.07, 6.45) is 79.9. The van der Waals surface area contributed by atoms with Crippen LogP contribution in [0.1, 0.15) is 259 Å². The minimum absolute atomic E-state index is 0.0533. The van der Waals surface area contributed by atoms with Crippen molar-refractivity contribution in [2.75, 3.05) is 39.6 Å². The molecule has 0 saturated carbocycles. The molecule has 98 heavy (non-hydrogen) atoms. The summed E-state index contributed by atoms with van der Waals surface area (Å²) in [6, 6.07) is 0. The number of aliphatic hydroxyl groups is 1. The molecule has 0 rings (SSSR count). The maximum Gasteiger partial charge on any atom is 0.472 e. The third-order valence-corrected chi connectivity index (χ3v) is 16.4. The molecule has 5 atom stereocenters. The van der Waals surface area contributed by atoms with Crippen LogP contribution in [0.4, 0.5) is 0 Å². The first kappa shape index (κ1) is 92.7. The van der Waals surface area contributed by atoms with Gasteiger partial charge in [0.1, 0.15) is 19.3 Å². The molecule has 556 valence electrons. The number of carbonyl (C=O) groups excluding carboxylic acids is 4. The van der Waals surface area contributed by atoms with Crippen molar-refractivity contribution in [2.45, 2.75) is 277 Å². The summed E-state index contributed by atoms with van der Waals surface area (Å²) in [7, 11) is -10.0. The Bertz CT molecular complexity index is 2480. The standard InChI is InChI=1S/C79H128O17P2/c1-5-9-13-17-21-25-29-33-36-40-43-47-51-55-59-63-76(81)89-69-74(95-78(83)65-61-57-53-49-45-39-32-28-24-20-16-12-8-4)71-93-97(85,86)91-67-73(80)68-92-98(87,88)94-72-75(96-79(84)66-62-58-54-50-46-42-38-35-31-27-23-19-15-11-7-3)70-90-77(82)64-60-56-52-48-44-41-37-34-30-26-22-18-14-10-6-2/h9-10,13-14,16,20-23,25-28,32-38,43-44,47-48,56,60,73-75,80H,5-8,11-12,15,17-19,24,29-31,39-42,45-46,49-55,57-59,61-72H2,1-4H3,(H,85,86)(H,87,88)/b13-9-,14-10-,20-16-,25-21-,26-22-,27-23-,32-28-,36-33-,37-34-,38-35-,47-43-,48-44-,60-56-. The smallest absolute Gasteiger partial charge is 0.462 e. The van der Waals surface area contributed by atoms with Gasteiger partial charge in [-0.15, -0.1) is 0 Å². The number of hydrogen-bond donors (Lipinski definition) is 3. The van der Waals surface area contributed by atoms with Gasteiger partial charge in [-0.3, -0.25) is 37.3 Å². The van der Waals surface area contributed by atoms with Gasteiger partial charge in [0.15, 0.2) is 12.2 Å². The molecule has 5 unspecified atom stereocenters. The fraction of sp³-hybridized carbons (Fsp3) is 0.620. The average molecular weight is 1410 g/mol. The van der Waals surface area contributed by atoms with Gasteiger partial charge < -0.3 is 33.8 Å². The molecule has 0 saturated heterocycles. The SMILES string of the molecule is CC/C=C\C/C=C\C/C=C\C/C=C\C/C=C\CC(=O)OCC(COP(=O)(O)OCC(O)COP(=O)(O)OCC(COC(=O)CCCC/C=C\C/C=C\C/C=C\C/C=C\CC)OC(=O)CCCCCCC/C=C\C/C=C\CCC)OC(=O)CCCCCCC/C=C\C/C=C\CCCCC. The molecule has 17 nitrogen and oxygen atoms in total. The van der Waals surface area contributed by atoms with E-state index in [0.717, 1.165) is 161 Å². The Morgan fingerprint density at radius 3 is 0.969 bits per heavy atom. The first-order valence-corrected chi connectivity index (χ1v) is 39.7. The number of rotatable bonds is 67. The number of phosphoric ester groups is 2. The highest BCUT2D eigenvalue weighted by molar-refractivity contribution is 7.47. The lowest BCUT2D eigenvalue weighted by atomic mass is 10.1. The van der Waals surface area contributed by atoms with Crippen LogP contribution in [-0.2, 0) is 65.4 Å². The molecule has 0 aromatic carbocycles. The van der Waals surface area contributed by atoms with Crippen LogP contribution in [0.15, 0.2) is 158 Å². The monoisotopic (exact) mass is 1410 g/mol. The molecule has 0 fully saturated rings. The first-order chi connectivity index (χ1) is 47.7. The van der Waals surface area contributed by atoms with Crippen LogP contribution in [0.5, 0.6) is 0 Å². The zero-order valence-electron chi connectivity index (χ0n) is 60.4. The third kappa shape index (κ3) is 69.2. The molecule has 0 heterocycles. The molecule has 0 aromatic rings. The molecule has 0 aromatic heterocycles. The second-order valence-electron chi connectivity index (χ2n) is 23.8. The van der Waals surface area contributed by atoms with Gasteiger partial charge >= 0.3 is 39.5 Å². The summed E-state index contributed by atoms with van der Waals surface area (Å²) in [5.41, 5.74) is 0. The van der Waals surface area contributed by atoms with Crippen molar-refractivity contribution < 1.29 is 80.2 Å². The van der Waals surface area contributed by atoms with Gasteiger partial charge in [0, 0.05) is 19.3 Å². The molecular formula is C79H128O17P2. The van der Waals surface area contributed by atoms with Crippen molar-refractivity contribution in [2.24, 2.45) is 0 Å². The highest BCUT2D eigenvalue weighted by Crippen LogP contribution is 2.45. The van der Waals surface area contributed by atoms with Crippen molar-refractivity contribution in [3.63, 3.8) is 0 Å². The maximum atomic E-state index is 13.1. The van der Waals surface area contributed by atoms with Gasteiger partial charge in [-0.1, -0.05) is 243 Å². The number of allylic oxidation sites excluding steroid dienone is 25. The van der Waals surface area contributed by atoms with E-state index in [9.17, 15) is 43.2 Å². The van der Waals surface area contributed by atoms with Crippen molar-refractivity contribution >= 4 is 39.5 Å². The average Bonchev–Trinajstić information content (AvgIpc) is 1.04. The highest BCUT2D eigenvalue weighted by Gasteiger charge is 2.30. The second-order valence-corrected chi connectivity index (χ2v) is 26.7. The molecule has 19 heteroatoms. The molecule has 0 spiro atoms. The fourth-order valence-electron chi connectivity index (χ4n) is 8.94. The molecule has 0 aliphatic rings. The van der Waals surface area contributed by atoms with Gasteiger partial charge in [-0.05, 0) is 148 Å². The number of hydrogen-bond acceptors (Lipinski definition) is 15. The number of esters is 4. The highest BCUT2D eigenvalue weighted by atomic mass is 31.2. The van der Waals surface area contributed by atoms with Crippen molar-refractivity contribution in [1.29, 1.82) is 0 Å². The Labute approximate surface area is 591 Å². The van der Waals surface area contributed by atoms with Crippen molar-refractivity contribution in [3.05, 3.63) is 158 Å². The molecule has 3 N–H and O–H groups in total. The van der Waals surface area contributed by atoms with Crippen LogP contribution >= 0.6 is 15.6 Å². The normalized spacial score (nSPS) is 14.9. The molecule has 0 bridgehead atoms. The summed E-state index contributed by atoms with van der Waals surface area (Å²) in [4.78, 5) is 72.7. The van der Waals surface area contributed by atoms with E-state index in [2.05, 4.69) is 161 Å². The lowest BCUT2D eigenvalue weighted by Crippen LogP contribution is -2.30. The van der Waals surface area contributed by atoms with Crippen LogP contribution in [0.3, 0.4) is 0 Å². The van der Waals surface area contributed by atoms with Gasteiger partial charge in [0.2, 0.25) is 0 Å². The molecule has 0 radical (unpaired) electrons. The van der Waals surface area contributed by atoms with Gasteiger partial charge in [-0.25, -0.2) is 9.13 Å². The topological polar surface area (TPSA) is 237 Å². The maximum absolute atomic E-state index is 13.1. The van der Waals surface area contributed by atoms with Crippen LogP contribution in [-0.4, -0.2) is 96.7 Å². The largest absolute Gasteiger partial charge is 0.472 e. The van der Waals surface area contributed by atoms with Crippen molar-refractivity contribution in [1.82, 2.24) is 0 Å². The van der Waals surface area contributed by atoms with Crippen LogP contribution in [0.25, 0.3) is 0 Å². The van der Waals surface area contributed by atoms with Crippen LogP contribution in [0.2, 0.25) is 0 Å². The minimum atomic E-state index is -5.01. The number of ether oxygens (including phenoxy) is 4. The van der Waals surface area contributed by atoms with Crippen LogP contribution < -0.4 is 0 Å². The van der Waals surface area contributed by atoms with E-state index in [4.69, 9.17) is 37.0 Å². The minimum Gasteiger partial charge on any atom is -0.462 e. The fourth-order valence-corrected chi connectivity index (χ4v) is 10.5. The first-order valence-electron chi connectivity index (χ1n) is 36.7. The molecule has 0 amide bonds. The summed E-state index contributed by atoms with van der Waals surface area (Å²) in [5.74, 6) is -2.42. The predicted octanol–water partition coefficient (Wildman–Crippen LogP) is 20.9. The summed E-state index contributed by atoms with van der Waals surface area (Å²) in [6.45, 7) is 4.32. The zero-order valence-corrected chi connectivity index (χ0v) is 62.2. The predicted molar refractivity (Wildman–Crippen MR) is 399 cm³/mol. The number of aliphatic hydroxyl groups excluding tert-OH is 1. The summed E-state index contributed by atoms with van der Waals surface area (Å²) in [5, 5.41) is 10.6. The summed E-state index contributed by atoms with van der Waals surface area (Å²) >= 11 is 0. The molecular weight excluding hydrogens is 1280 g/mol. The Hall–Kier alpha value is -5.32. The number of phosphoric acid groups is 2. The Morgan fingerprint density at radius 1 is 0.306 bits per heavy atom. The van der Waals surface area contributed by atoms with E-state index in [1.54, 1.807) is 6.08 Å². The lowest BCUT2D eigenvalue weighted by molar-refractivity contribution is -0.161. The van der Waals surface area contributed by atoms with E-state index < -0.39 is 97.5 Å². The Kier molecular flexibility index (Phi) is 66.3. The third-order valence-electron chi connectivity index (χ3n) is 14.5. The van der Waals surface area contributed by atoms with Gasteiger partial charge in [0.05, 0.1) is 32.8 Å². The van der Waals surface area contributed by atoms with Gasteiger partial charge in [0.25, 0.3) is 0 Å². The van der Waals surface area contributed by atoms with E-state index in [1.807, 2.05) is 18.2 Å². The van der Waals surface area contributed by atoms with E-state index in [1.165, 1.54) is 19.3 Å².